The Labute approximate surface area is 98.6 Å². The van der Waals surface area contributed by atoms with Crippen molar-refractivity contribution in [1.29, 1.82) is 0 Å². The molecule has 0 unspecified atom stereocenters. The first-order valence-electron chi connectivity index (χ1n) is 5.17. The van der Waals surface area contributed by atoms with Crippen LogP contribution in [0.5, 0.6) is 0 Å². The highest BCUT2D eigenvalue weighted by Gasteiger charge is 2.27. The maximum Gasteiger partial charge on any atom is 0.238 e. The van der Waals surface area contributed by atoms with Crippen LogP contribution < -0.4 is 0 Å². The number of halogens is 1. The van der Waals surface area contributed by atoms with Gasteiger partial charge in [0, 0.05) is 6.04 Å². The summed E-state index contributed by atoms with van der Waals surface area (Å²) < 4.78 is 1.84. The molecule has 1 aromatic heterocycles. The van der Waals surface area contributed by atoms with Crippen LogP contribution in [0.2, 0.25) is 0 Å². The number of aromatic nitrogens is 2. The summed E-state index contributed by atoms with van der Waals surface area (Å²) >= 11 is 5.56. The molecule has 5 nitrogen and oxygen atoms in total. The average molecular weight is 244 g/mol. The molecular weight excluding hydrogens is 230 g/mol. The van der Waals surface area contributed by atoms with Gasteiger partial charge in [0.25, 0.3) is 0 Å². The van der Waals surface area contributed by atoms with Crippen LogP contribution in [0.1, 0.15) is 18.3 Å². The number of aliphatic hydroxyl groups excluding tert-OH is 1. The number of alkyl halides is 1. The summed E-state index contributed by atoms with van der Waals surface area (Å²) in [7, 11) is 0. The monoisotopic (exact) mass is 243 g/mol. The van der Waals surface area contributed by atoms with Gasteiger partial charge in [-0.25, -0.2) is 0 Å². The molecule has 2 heterocycles. The summed E-state index contributed by atoms with van der Waals surface area (Å²) in [6.45, 7) is 3.06. The predicted molar refractivity (Wildman–Crippen MR) is 58.9 cm³/mol. The molecule has 0 saturated heterocycles. The lowest BCUT2D eigenvalue weighted by molar-refractivity contribution is -0.132. The minimum Gasteiger partial charge on any atom is -0.390 e. The SMILES string of the molecule is C[C@H]1Cn2nc(CO)cc2CN1C(=O)CCl. The maximum absolute atomic E-state index is 11.6. The van der Waals surface area contributed by atoms with Crippen molar-refractivity contribution >= 4 is 17.5 Å². The Balaban J connectivity index is 2.23. The summed E-state index contributed by atoms with van der Waals surface area (Å²) in [4.78, 5) is 13.3. The fourth-order valence-corrected chi connectivity index (χ4v) is 2.12. The third-order valence-electron chi connectivity index (χ3n) is 2.81. The largest absolute Gasteiger partial charge is 0.390 e. The molecule has 0 radical (unpaired) electrons. The van der Waals surface area contributed by atoms with Crippen LogP contribution in [0.3, 0.4) is 0 Å². The van der Waals surface area contributed by atoms with E-state index < -0.39 is 0 Å². The number of hydrogen-bond acceptors (Lipinski definition) is 3. The standard InChI is InChI=1S/C10H14ClN3O2/c1-7-4-14-9(2-8(6-15)12-14)5-13(7)10(16)3-11/h2,7,15H,3-6H2,1H3/t7-/m0/s1. The normalized spacial score (nSPS) is 19.7. The van der Waals surface area contributed by atoms with Crippen LogP contribution >= 0.6 is 11.6 Å². The number of carbonyl (C=O) groups is 1. The molecule has 0 fully saturated rings. The van der Waals surface area contributed by atoms with E-state index in [9.17, 15) is 4.79 Å². The topological polar surface area (TPSA) is 58.4 Å². The van der Waals surface area contributed by atoms with Crippen molar-refractivity contribution in [3.63, 3.8) is 0 Å². The van der Waals surface area contributed by atoms with Gasteiger partial charge < -0.3 is 10.0 Å². The zero-order valence-corrected chi connectivity index (χ0v) is 9.81. The predicted octanol–water partition coefficient (Wildman–Crippen LogP) is 0.345. The van der Waals surface area contributed by atoms with Gasteiger partial charge in [-0.1, -0.05) is 0 Å². The minimum atomic E-state index is -0.0716. The summed E-state index contributed by atoms with van der Waals surface area (Å²) in [6, 6.07) is 1.91. The first kappa shape index (κ1) is 11.4. The number of hydrogen-bond donors (Lipinski definition) is 1. The number of rotatable bonds is 2. The van der Waals surface area contributed by atoms with Crippen molar-refractivity contribution in [1.82, 2.24) is 14.7 Å². The number of nitrogens with zero attached hydrogens (tertiary/aromatic N) is 3. The Morgan fingerprint density at radius 2 is 2.50 bits per heavy atom. The first-order chi connectivity index (χ1) is 7.65. The zero-order chi connectivity index (χ0) is 11.7. The quantitative estimate of drug-likeness (QED) is 0.763. The molecule has 0 aromatic carbocycles. The van der Waals surface area contributed by atoms with Gasteiger partial charge in [0.15, 0.2) is 0 Å². The average Bonchev–Trinajstić information content (AvgIpc) is 2.68. The molecule has 1 atom stereocenters. The van der Waals surface area contributed by atoms with Crippen LogP contribution in [0.15, 0.2) is 6.07 Å². The molecule has 1 aliphatic heterocycles. The van der Waals surface area contributed by atoms with Crippen LogP contribution in [0.25, 0.3) is 0 Å². The maximum atomic E-state index is 11.6. The van der Waals surface area contributed by atoms with Gasteiger partial charge in [0.1, 0.15) is 5.88 Å². The van der Waals surface area contributed by atoms with Crippen LogP contribution in [0.4, 0.5) is 0 Å². The second-order valence-corrected chi connectivity index (χ2v) is 4.24. The van der Waals surface area contributed by atoms with E-state index in [0.717, 1.165) is 5.69 Å². The number of carbonyl (C=O) groups excluding carboxylic acids is 1. The molecule has 1 N–H and O–H groups in total. The lowest BCUT2D eigenvalue weighted by Gasteiger charge is -2.33. The Morgan fingerprint density at radius 1 is 1.75 bits per heavy atom. The minimum absolute atomic E-state index is 0.00529. The Kier molecular flexibility index (Phi) is 3.16. The fourth-order valence-electron chi connectivity index (χ4n) is 1.97. The van der Waals surface area contributed by atoms with E-state index in [-0.39, 0.29) is 24.4 Å². The molecule has 0 saturated carbocycles. The third kappa shape index (κ3) is 1.92. The lowest BCUT2D eigenvalue weighted by atomic mass is 10.2. The molecular formula is C10H14ClN3O2. The third-order valence-corrected chi connectivity index (χ3v) is 3.04. The van der Waals surface area contributed by atoms with E-state index in [1.165, 1.54) is 0 Å². The van der Waals surface area contributed by atoms with E-state index in [4.69, 9.17) is 16.7 Å². The second-order valence-electron chi connectivity index (χ2n) is 3.97. The molecule has 6 heteroatoms. The first-order valence-corrected chi connectivity index (χ1v) is 5.71. The van der Waals surface area contributed by atoms with Crippen molar-refractivity contribution in [2.24, 2.45) is 0 Å². The molecule has 1 aromatic rings. The highest BCUT2D eigenvalue weighted by molar-refractivity contribution is 6.27. The van der Waals surface area contributed by atoms with Gasteiger partial charge in [-0.2, -0.15) is 5.10 Å². The molecule has 0 spiro atoms. The van der Waals surface area contributed by atoms with E-state index >= 15 is 0 Å². The van der Waals surface area contributed by atoms with Crippen LogP contribution in [-0.2, 0) is 24.5 Å². The van der Waals surface area contributed by atoms with Crippen molar-refractivity contribution in [3.05, 3.63) is 17.5 Å². The van der Waals surface area contributed by atoms with E-state index in [1.54, 1.807) is 4.90 Å². The van der Waals surface area contributed by atoms with E-state index in [0.29, 0.717) is 18.8 Å². The Bertz CT molecular complexity index is 405. The van der Waals surface area contributed by atoms with Crippen molar-refractivity contribution < 1.29 is 9.90 Å². The van der Waals surface area contributed by atoms with Gasteiger partial charge in [0.2, 0.25) is 5.91 Å². The van der Waals surface area contributed by atoms with Crippen LogP contribution in [0, 0.1) is 0 Å². The van der Waals surface area contributed by atoms with Gasteiger partial charge in [0.05, 0.1) is 31.1 Å². The van der Waals surface area contributed by atoms with Crippen LogP contribution in [-0.4, -0.2) is 37.6 Å². The van der Waals surface area contributed by atoms with Crippen molar-refractivity contribution in [3.8, 4) is 0 Å². The van der Waals surface area contributed by atoms with E-state index in [1.807, 2.05) is 17.7 Å². The lowest BCUT2D eigenvalue weighted by Crippen LogP contribution is -2.45. The molecule has 1 aliphatic rings. The number of amides is 1. The number of fused-ring (bicyclic) bond motifs is 1. The van der Waals surface area contributed by atoms with Gasteiger partial charge in [-0.05, 0) is 13.0 Å². The molecule has 88 valence electrons. The Morgan fingerprint density at radius 3 is 3.12 bits per heavy atom. The summed E-state index contributed by atoms with van der Waals surface area (Å²) in [6.07, 6.45) is 0. The zero-order valence-electron chi connectivity index (χ0n) is 9.06. The molecule has 0 bridgehead atoms. The number of aliphatic hydroxyl groups is 1. The van der Waals surface area contributed by atoms with Gasteiger partial charge >= 0.3 is 0 Å². The smallest absolute Gasteiger partial charge is 0.238 e. The second kappa shape index (κ2) is 4.43. The fraction of sp³-hybridized carbons (Fsp3) is 0.600. The van der Waals surface area contributed by atoms with Crippen molar-refractivity contribution in [2.75, 3.05) is 5.88 Å². The van der Waals surface area contributed by atoms with Crippen molar-refractivity contribution in [2.45, 2.75) is 32.7 Å². The molecule has 2 rings (SSSR count). The van der Waals surface area contributed by atoms with Gasteiger partial charge in [-0.3, -0.25) is 9.48 Å². The summed E-state index contributed by atoms with van der Waals surface area (Å²) in [5.74, 6) is -0.0575. The molecule has 0 aliphatic carbocycles. The Hall–Kier alpha value is -1.07. The molecule has 16 heavy (non-hydrogen) atoms. The van der Waals surface area contributed by atoms with E-state index in [2.05, 4.69) is 5.10 Å². The van der Waals surface area contributed by atoms with Gasteiger partial charge in [-0.15, -0.1) is 11.6 Å². The highest BCUT2D eigenvalue weighted by atomic mass is 35.5. The summed E-state index contributed by atoms with van der Waals surface area (Å²) in [5, 5.41) is 13.2. The summed E-state index contributed by atoms with van der Waals surface area (Å²) in [5.41, 5.74) is 1.59. The molecule has 1 amide bonds. The highest BCUT2D eigenvalue weighted by Crippen LogP contribution is 2.18.